The molecule has 0 aromatic heterocycles. The first-order valence-corrected chi connectivity index (χ1v) is 6.27. The van der Waals surface area contributed by atoms with E-state index in [1.807, 2.05) is 0 Å². The molecule has 0 radical (unpaired) electrons. The van der Waals surface area contributed by atoms with E-state index < -0.39 is 0 Å². The molecule has 0 aromatic carbocycles. The van der Waals surface area contributed by atoms with Crippen LogP contribution in [0, 0.1) is 5.41 Å². The minimum absolute atomic E-state index is 0.0116. The number of fused-ring (bicyclic) bond motifs is 2. The molecule has 1 aliphatic carbocycles. The van der Waals surface area contributed by atoms with Gasteiger partial charge in [0.05, 0.1) is 12.2 Å². The van der Waals surface area contributed by atoms with Crippen LogP contribution in [0.25, 0.3) is 0 Å². The predicted molar refractivity (Wildman–Crippen MR) is 58.8 cm³/mol. The van der Waals surface area contributed by atoms with E-state index in [1.165, 1.54) is 25.7 Å². The van der Waals surface area contributed by atoms with Gasteiger partial charge in [-0.25, -0.2) is 0 Å². The summed E-state index contributed by atoms with van der Waals surface area (Å²) >= 11 is 0. The molecule has 3 rings (SSSR count). The van der Waals surface area contributed by atoms with Crippen molar-refractivity contribution in [2.45, 2.75) is 76.8 Å². The van der Waals surface area contributed by atoms with Crippen molar-refractivity contribution in [3.05, 3.63) is 0 Å². The van der Waals surface area contributed by atoms with E-state index in [4.69, 9.17) is 9.47 Å². The fraction of sp³-hybridized carbons (Fsp3) is 1.00. The molecule has 86 valence electrons. The fourth-order valence-corrected chi connectivity index (χ4v) is 4.05. The number of hydrogen-bond acceptors (Lipinski definition) is 2. The zero-order valence-corrected chi connectivity index (χ0v) is 10.3. The molecule has 2 heterocycles. The van der Waals surface area contributed by atoms with Gasteiger partial charge in [-0.1, -0.05) is 13.8 Å². The second-order valence-corrected chi connectivity index (χ2v) is 6.43. The highest BCUT2D eigenvalue weighted by molar-refractivity contribution is 5.23. The third-order valence-electron chi connectivity index (χ3n) is 5.18. The van der Waals surface area contributed by atoms with Crippen LogP contribution >= 0.6 is 0 Å². The summed E-state index contributed by atoms with van der Waals surface area (Å²) in [7, 11) is 0. The third-order valence-corrected chi connectivity index (χ3v) is 5.18. The van der Waals surface area contributed by atoms with Crippen LogP contribution in [0.4, 0.5) is 0 Å². The van der Waals surface area contributed by atoms with E-state index in [0.717, 1.165) is 0 Å². The van der Waals surface area contributed by atoms with E-state index in [9.17, 15) is 0 Å². The van der Waals surface area contributed by atoms with Crippen molar-refractivity contribution in [2.75, 3.05) is 0 Å². The molecule has 3 fully saturated rings. The van der Waals surface area contributed by atoms with Crippen molar-refractivity contribution in [3.63, 3.8) is 0 Å². The normalized spacial score (nSPS) is 56.8. The van der Waals surface area contributed by atoms with Crippen LogP contribution in [0.2, 0.25) is 0 Å². The van der Waals surface area contributed by atoms with Gasteiger partial charge in [-0.2, -0.15) is 0 Å². The molecule has 0 N–H and O–H groups in total. The van der Waals surface area contributed by atoms with E-state index in [-0.39, 0.29) is 16.6 Å². The summed E-state index contributed by atoms with van der Waals surface area (Å²) in [5, 5.41) is 0. The Morgan fingerprint density at radius 1 is 1.00 bits per heavy atom. The van der Waals surface area contributed by atoms with E-state index in [1.54, 1.807) is 0 Å². The van der Waals surface area contributed by atoms with Crippen LogP contribution in [0.5, 0.6) is 0 Å². The lowest BCUT2D eigenvalue weighted by Gasteiger charge is -2.49. The zero-order chi connectivity index (χ0) is 10.9. The maximum atomic E-state index is 6.34. The number of ether oxygens (including phenoxy) is 2. The first kappa shape index (κ1) is 10.1. The molecule has 0 bridgehead atoms. The number of epoxide rings is 1. The molecule has 0 amide bonds. The second-order valence-electron chi connectivity index (χ2n) is 6.43. The molecular formula is C13H22O2. The standard InChI is InChI=1S/C13H22O2/c1-9-5-8-13(14-9)11(2,3)7-6-10-12(13,4)15-10/h9-10H,5-8H2,1-4H3. The molecule has 1 spiro atoms. The van der Waals surface area contributed by atoms with E-state index in [2.05, 4.69) is 27.7 Å². The summed E-state index contributed by atoms with van der Waals surface area (Å²) in [5.41, 5.74) is 0.265. The van der Waals surface area contributed by atoms with Gasteiger partial charge in [0.1, 0.15) is 11.2 Å². The van der Waals surface area contributed by atoms with Gasteiger partial charge in [0.2, 0.25) is 0 Å². The first-order chi connectivity index (χ1) is 6.91. The Balaban J connectivity index is 2.01. The molecular weight excluding hydrogens is 188 g/mol. The highest BCUT2D eigenvalue weighted by atomic mass is 16.6. The molecule has 2 saturated heterocycles. The maximum absolute atomic E-state index is 6.34. The lowest BCUT2D eigenvalue weighted by atomic mass is 9.59. The van der Waals surface area contributed by atoms with E-state index in [0.29, 0.717) is 12.2 Å². The third kappa shape index (κ3) is 1.03. The maximum Gasteiger partial charge on any atom is 0.121 e. The topological polar surface area (TPSA) is 21.8 Å². The van der Waals surface area contributed by atoms with Crippen LogP contribution in [0.15, 0.2) is 0 Å². The molecule has 0 aromatic rings. The molecule has 2 heteroatoms. The van der Waals surface area contributed by atoms with Gasteiger partial charge in [-0.15, -0.1) is 0 Å². The molecule has 4 atom stereocenters. The Hall–Kier alpha value is -0.0800. The molecule has 1 saturated carbocycles. The molecule has 3 aliphatic rings. The van der Waals surface area contributed by atoms with Gasteiger partial charge in [-0.3, -0.25) is 0 Å². The van der Waals surface area contributed by atoms with Crippen LogP contribution in [0.3, 0.4) is 0 Å². The highest BCUT2D eigenvalue weighted by Gasteiger charge is 2.74. The SMILES string of the molecule is CC1CCC2(O1)C(C)(C)CCC1OC12C. The Morgan fingerprint density at radius 3 is 2.33 bits per heavy atom. The summed E-state index contributed by atoms with van der Waals surface area (Å²) < 4.78 is 12.3. The molecule has 15 heavy (non-hydrogen) atoms. The summed E-state index contributed by atoms with van der Waals surface area (Å²) in [6.07, 6.45) is 5.69. The fourth-order valence-electron chi connectivity index (χ4n) is 4.05. The Morgan fingerprint density at radius 2 is 1.73 bits per heavy atom. The Bertz CT molecular complexity index is 292. The first-order valence-electron chi connectivity index (χ1n) is 6.27. The molecule has 4 unspecified atom stereocenters. The minimum atomic E-state index is -0.0116. The van der Waals surface area contributed by atoms with Crippen molar-refractivity contribution in [1.29, 1.82) is 0 Å². The minimum Gasteiger partial charge on any atom is -0.368 e. The van der Waals surface area contributed by atoms with Crippen molar-refractivity contribution in [1.82, 2.24) is 0 Å². The quantitative estimate of drug-likeness (QED) is 0.573. The second kappa shape index (κ2) is 2.60. The molecule has 2 nitrogen and oxygen atoms in total. The smallest absolute Gasteiger partial charge is 0.121 e. The lowest BCUT2D eigenvalue weighted by molar-refractivity contribution is -0.159. The summed E-state index contributed by atoms with van der Waals surface area (Å²) in [6.45, 7) is 9.17. The van der Waals surface area contributed by atoms with Crippen molar-refractivity contribution in [2.24, 2.45) is 5.41 Å². The highest BCUT2D eigenvalue weighted by Crippen LogP contribution is 2.65. The van der Waals surface area contributed by atoms with Gasteiger partial charge in [0.25, 0.3) is 0 Å². The van der Waals surface area contributed by atoms with Crippen LogP contribution in [-0.2, 0) is 9.47 Å². The predicted octanol–water partition coefficient (Wildman–Crippen LogP) is 2.90. The lowest BCUT2D eigenvalue weighted by Crippen LogP contribution is -2.58. The zero-order valence-electron chi connectivity index (χ0n) is 10.3. The Labute approximate surface area is 92.3 Å². The van der Waals surface area contributed by atoms with Crippen molar-refractivity contribution >= 4 is 0 Å². The van der Waals surface area contributed by atoms with Gasteiger partial charge < -0.3 is 9.47 Å². The van der Waals surface area contributed by atoms with Gasteiger partial charge in [0, 0.05) is 0 Å². The van der Waals surface area contributed by atoms with Gasteiger partial charge in [0.15, 0.2) is 0 Å². The van der Waals surface area contributed by atoms with Gasteiger partial charge in [-0.05, 0) is 44.9 Å². The average Bonchev–Trinajstić information content (AvgIpc) is 2.64. The van der Waals surface area contributed by atoms with E-state index >= 15 is 0 Å². The summed E-state index contributed by atoms with van der Waals surface area (Å²) in [5.74, 6) is 0. The van der Waals surface area contributed by atoms with Crippen LogP contribution in [0.1, 0.15) is 53.4 Å². The summed E-state index contributed by atoms with van der Waals surface area (Å²) in [4.78, 5) is 0. The average molecular weight is 210 g/mol. The largest absolute Gasteiger partial charge is 0.368 e. The van der Waals surface area contributed by atoms with Gasteiger partial charge >= 0.3 is 0 Å². The monoisotopic (exact) mass is 210 g/mol. The number of rotatable bonds is 0. The summed E-state index contributed by atoms with van der Waals surface area (Å²) in [6, 6.07) is 0. The van der Waals surface area contributed by atoms with Crippen LogP contribution in [-0.4, -0.2) is 23.4 Å². The van der Waals surface area contributed by atoms with Crippen molar-refractivity contribution in [3.8, 4) is 0 Å². The van der Waals surface area contributed by atoms with Crippen molar-refractivity contribution < 1.29 is 9.47 Å². The number of hydrogen-bond donors (Lipinski definition) is 0. The Kier molecular flexibility index (Phi) is 1.75. The van der Waals surface area contributed by atoms with Crippen LogP contribution < -0.4 is 0 Å². The molecule has 2 aliphatic heterocycles.